The number of nitrogens with one attached hydrogen (secondary N) is 1. The molecule has 1 atom stereocenters. The van der Waals surface area contributed by atoms with Gasteiger partial charge in [-0.1, -0.05) is 29.8 Å². The van der Waals surface area contributed by atoms with E-state index in [1.807, 2.05) is 12.2 Å². The van der Waals surface area contributed by atoms with Gasteiger partial charge in [0.15, 0.2) is 6.23 Å². The average Bonchev–Trinajstić information content (AvgIpc) is 2.29. The Morgan fingerprint density at radius 2 is 1.94 bits per heavy atom. The summed E-state index contributed by atoms with van der Waals surface area (Å²) in [5.41, 5.74) is 1.34. The molecule has 0 unspecified atom stereocenters. The van der Waals surface area contributed by atoms with Crippen LogP contribution in [0.2, 0.25) is 0 Å². The zero-order chi connectivity index (χ0) is 12.8. The van der Waals surface area contributed by atoms with E-state index >= 15 is 0 Å². The smallest absolute Gasteiger partial charge is 0.409 e. The number of alkyl carbamates (subject to hydrolysis) is 1. The maximum atomic E-state index is 11.7. The van der Waals surface area contributed by atoms with Crippen LogP contribution in [0.4, 0.5) is 4.79 Å². The maximum Gasteiger partial charge on any atom is 0.409 e. The van der Waals surface area contributed by atoms with Gasteiger partial charge in [0.25, 0.3) is 0 Å². The van der Waals surface area contributed by atoms with Crippen molar-refractivity contribution in [3.05, 3.63) is 35.4 Å². The number of carbonyl (C=O) groups is 2. The van der Waals surface area contributed by atoms with Crippen molar-refractivity contribution in [2.45, 2.75) is 20.1 Å². The van der Waals surface area contributed by atoms with Crippen LogP contribution in [0.25, 0.3) is 0 Å². The lowest BCUT2D eigenvalue weighted by atomic mass is 10.1. The van der Waals surface area contributed by atoms with Gasteiger partial charge in [0.2, 0.25) is 5.78 Å². The lowest BCUT2D eigenvalue weighted by Crippen LogP contribution is -2.40. The Hall–Kier alpha value is -1.88. The van der Waals surface area contributed by atoms with Gasteiger partial charge in [-0.05, 0) is 13.8 Å². The first-order valence-electron chi connectivity index (χ1n) is 5.27. The molecule has 0 saturated heterocycles. The molecule has 17 heavy (non-hydrogen) atoms. The van der Waals surface area contributed by atoms with Crippen molar-refractivity contribution >= 4 is 11.9 Å². The Kier molecular flexibility index (Phi) is 4.66. The fourth-order valence-corrected chi connectivity index (χ4v) is 1.23. The number of aliphatic hydroxyl groups is 1. The summed E-state index contributed by atoms with van der Waals surface area (Å²) >= 11 is 0. The number of carbonyl (C=O) groups excluding carboxylic acids is 2. The fraction of sp³-hybridized carbons (Fsp3) is 0.333. The van der Waals surface area contributed by atoms with Crippen LogP contribution in [0.3, 0.4) is 0 Å². The van der Waals surface area contributed by atoms with Crippen LogP contribution in [-0.2, 0) is 4.74 Å². The highest BCUT2D eigenvalue weighted by Crippen LogP contribution is 2.05. The zero-order valence-corrected chi connectivity index (χ0v) is 9.77. The van der Waals surface area contributed by atoms with Crippen molar-refractivity contribution in [2.75, 3.05) is 6.61 Å². The summed E-state index contributed by atoms with van der Waals surface area (Å²) in [5.74, 6) is -0.571. The molecule has 0 aliphatic heterocycles. The molecule has 0 aliphatic rings. The molecule has 5 nitrogen and oxygen atoms in total. The highest BCUT2D eigenvalue weighted by molar-refractivity contribution is 6.00. The van der Waals surface area contributed by atoms with E-state index in [1.165, 1.54) is 0 Å². The van der Waals surface area contributed by atoms with Crippen molar-refractivity contribution in [2.24, 2.45) is 0 Å². The number of ether oxygens (including phenoxy) is 1. The van der Waals surface area contributed by atoms with Crippen LogP contribution in [-0.4, -0.2) is 29.8 Å². The van der Waals surface area contributed by atoms with E-state index < -0.39 is 18.1 Å². The van der Waals surface area contributed by atoms with Gasteiger partial charge in [0.05, 0.1) is 6.61 Å². The Bertz CT molecular complexity index is 399. The van der Waals surface area contributed by atoms with Gasteiger partial charge < -0.3 is 9.84 Å². The summed E-state index contributed by atoms with van der Waals surface area (Å²) < 4.78 is 4.56. The summed E-state index contributed by atoms with van der Waals surface area (Å²) in [5, 5.41) is 11.5. The van der Waals surface area contributed by atoms with Crippen LogP contribution in [0.5, 0.6) is 0 Å². The van der Waals surface area contributed by atoms with Crippen LogP contribution in [0.15, 0.2) is 24.3 Å². The second kappa shape index (κ2) is 6.00. The summed E-state index contributed by atoms with van der Waals surface area (Å²) in [4.78, 5) is 22.7. The minimum absolute atomic E-state index is 0.178. The molecule has 0 fully saturated rings. The summed E-state index contributed by atoms with van der Waals surface area (Å²) in [7, 11) is 0. The van der Waals surface area contributed by atoms with Gasteiger partial charge >= 0.3 is 6.09 Å². The normalized spacial score (nSPS) is 11.7. The predicted molar refractivity (Wildman–Crippen MR) is 61.7 cm³/mol. The van der Waals surface area contributed by atoms with E-state index in [0.717, 1.165) is 5.56 Å². The number of Topliss-reactive ketones (excluding diaryl/α,β-unsaturated/α-hetero) is 1. The number of hydrogen-bond donors (Lipinski definition) is 2. The molecule has 0 heterocycles. The van der Waals surface area contributed by atoms with Gasteiger partial charge in [-0.25, -0.2) is 4.79 Å². The van der Waals surface area contributed by atoms with Gasteiger partial charge in [0, 0.05) is 5.56 Å². The van der Waals surface area contributed by atoms with Crippen molar-refractivity contribution in [1.29, 1.82) is 0 Å². The van der Waals surface area contributed by atoms with Crippen molar-refractivity contribution in [3.63, 3.8) is 0 Å². The number of benzene rings is 1. The molecule has 1 amide bonds. The topological polar surface area (TPSA) is 75.6 Å². The lowest BCUT2D eigenvalue weighted by Gasteiger charge is -2.11. The fourth-order valence-electron chi connectivity index (χ4n) is 1.23. The number of amides is 1. The molecule has 0 bridgehead atoms. The highest BCUT2D eigenvalue weighted by Gasteiger charge is 2.19. The first kappa shape index (κ1) is 13.2. The molecule has 1 aromatic rings. The number of aryl methyl sites for hydroxylation is 1. The molecular formula is C12H15NO4. The molecular weight excluding hydrogens is 222 g/mol. The number of ketones is 1. The molecule has 1 aromatic carbocycles. The Morgan fingerprint density at radius 3 is 2.47 bits per heavy atom. The maximum absolute atomic E-state index is 11.7. The minimum atomic E-state index is -1.59. The SMILES string of the molecule is CCOC(=O)N[C@@H](O)C(=O)c1ccc(C)cc1. The molecule has 2 N–H and O–H groups in total. The summed E-state index contributed by atoms with van der Waals surface area (Å²) in [6, 6.07) is 6.69. The van der Waals surface area contributed by atoms with Crippen molar-refractivity contribution in [3.8, 4) is 0 Å². The van der Waals surface area contributed by atoms with Crippen molar-refractivity contribution < 1.29 is 19.4 Å². The second-order valence-electron chi connectivity index (χ2n) is 3.50. The van der Waals surface area contributed by atoms with Gasteiger partial charge in [0.1, 0.15) is 0 Å². The van der Waals surface area contributed by atoms with Crippen LogP contribution < -0.4 is 5.32 Å². The number of aliphatic hydroxyl groups excluding tert-OH is 1. The third-order valence-electron chi connectivity index (χ3n) is 2.11. The first-order chi connectivity index (χ1) is 8.04. The van der Waals surface area contributed by atoms with Gasteiger partial charge in [-0.3, -0.25) is 10.1 Å². The molecule has 0 spiro atoms. The molecule has 1 rings (SSSR count). The molecule has 0 saturated carbocycles. The Morgan fingerprint density at radius 1 is 1.35 bits per heavy atom. The lowest BCUT2D eigenvalue weighted by molar-refractivity contribution is 0.0635. The molecule has 0 aromatic heterocycles. The quantitative estimate of drug-likeness (QED) is 0.610. The van der Waals surface area contributed by atoms with Crippen LogP contribution in [0.1, 0.15) is 22.8 Å². The van der Waals surface area contributed by atoms with Crippen molar-refractivity contribution in [1.82, 2.24) is 5.32 Å². The first-order valence-corrected chi connectivity index (χ1v) is 5.27. The van der Waals surface area contributed by atoms with Gasteiger partial charge in [-0.15, -0.1) is 0 Å². The van der Waals surface area contributed by atoms with Crippen LogP contribution >= 0.6 is 0 Å². The van der Waals surface area contributed by atoms with E-state index in [1.54, 1.807) is 31.2 Å². The summed E-state index contributed by atoms with van der Waals surface area (Å²) in [6.07, 6.45) is -2.41. The molecule has 0 aliphatic carbocycles. The second-order valence-corrected chi connectivity index (χ2v) is 3.50. The largest absolute Gasteiger partial charge is 0.450 e. The van der Waals surface area contributed by atoms with E-state index in [9.17, 15) is 14.7 Å². The van der Waals surface area contributed by atoms with Crippen LogP contribution in [0, 0.1) is 6.92 Å². The molecule has 5 heteroatoms. The molecule has 92 valence electrons. The van der Waals surface area contributed by atoms with E-state index in [-0.39, 0.29) is 6.61 Å². The minimum Gasteiger partial charge on any atom is -0.450 e. The van der Waals surface area contributed by atoms with E-state index in [4.69, 9.17) is 0 Å². The standard InChI is InChI=1S/C12H15NO4/c1-3-17-12(16)13-11(15)10(14)9-6-4-8(2)5-7-9/h4-7,11,15H,3H2,1-2H3,(H,13,16)/t11-/m0/s1. The summed E-state index contributed by atoms with van der Waals surface area (Å²) in [6.45, 7) is 3.70. The number of hydrogen-bond acceptors (Lipinski definition) is 4. The highest BCUT2D eigenvalue weighted by atomic mass is 16.5. The predicted octanol–water partition coefficient (Wildman–Crippen LogP) is 1.24. The van der Waals surface area contributed by atoms with E-state index in [0.29, 0.717) is 5.56 Å². The Balaban J connectivity index is 2.63. The average molecular weight is 237 g/mol. The van der Waals surface area contributed by atoms with E-state index in [2.05, 4.69) is 4.74 Å². The monoisotopic (exact) mass is 237 g/mol. The third kappa shape index (κ3) is 3.88. The number of rotatable bonds is 4. The molecule has 0 radical (unpaired) electrons. The Labute approximate surface area is 99.4 Å². The zero-order valence-electron chi connectivity index (χ0n) is 9.77. The third-order valence-corrected chi connectivity index (χ3v) is 2.11. The van der Waals surface area contributed by atoms with Gasteiger partial charge in [-0.2, -0.15) is 0 Å².